The van der Waals surface area contributed by atoms with Gasteiger partial charge in [-0.15, -0.1) is 11.3 Å². The molecule has 0 fully saturated rings. The van der Waals surface area contributed by atoms with E-state index in [1.807, 2.05) is 0 Å². The Morgan fingerprint density at radius 2 is 2.28 bits per heavy atom. The molecule has 0 saturated carbocycles. The second-order valence-electron chi connectivity index (χ2n) is 3.22. The highest BCUT2D eigenvalue weighted by Gasteiger charge is 2.26. The summed E-state index contributed by atoms with van der Waals surface area (Å²) in [5.74, 6) is -0.999. The number of carboxylic acids is 1. The van der Waals surface area contributed by atoms with Crippen LogP contribution < -0.4 is 4.72 Å². The Bertz CT molecular complexity index is 687. The van der Waals surface area contributed by atoms with Crippen molar-refractivity contribution >= 4 is 33.1 Å². The van der Waals surface area contributed by atoms with Crippen molar-refractivity contribution in [1.82, 2.24) is 10.1 Å². The van der Waals surface area contributed by atoms with E-state index in [9.17, 15) is 13.2 Å². The van der Waals surface area contributed by atoms with Crippen LogP contribution in [0.15, 0.2) is 20.3 Å². The van der Waals surface area contributed by atoms with Crippen LogP contribution in [-0.2, 0) is 10.0 Å². The summed E-state index contributed by atoms with van der Waals surface area (Å²) in [5.41, 5.74) is 0.624. The molecule has 0 spiro atoms. The van der Waals surface area contributed by atoms with Gasteiger partial charge in [-0.05, 0) is 6.92 Å². The number of hydrogen-bond donors (Lipinski definition) is 2. The van der Waals surface area contributed by atoms with Gasteiger partial charge in [-0.25, -0.2) is 18.2 Å². The van der Waals surface area contributed by atoms with Gasteiger partial charge in [0.25, 0.3) is 10.0 Å². The first-order chi connectivity index (χ1) is 8.40. The molecule has 0 aliphatic rings. The highest BCUT2D eigenvalue weighted by atomic mass is 32.2. The van der Waals surface area contributed by atoms with Crippen LogP contribution >= 0.6 is 11.3 Å². The lowest BCUT2D eigenvalue weighted by molar-refractivity contribution is 0.0687. The van der Waals surface area contributed by atoms with Gasteiger partial charge in [0, 0.05) is 6.07 Å². The third kappa shape index (κ3) is 2.33. The minimum Gasteiger partial charge on any atom is -0.476 e. The lowest BCUT2D eigenvalue weighted by atomic mass is 10.5. The molecular formula is C8H7N3O5S2. The lowest BCUT2D eigenvalue weighted by Gasteiger charge is -2.02. The highest BCUT2D eigenvalue weighted by Crippen LogP contribution is 2.22. The van der Waals surface area contributed by atoms with Gasteiger partial charge in [-0.3, -0.25) is 4.72 Å². The molecule has 0 aromatic carbocycles. The second kappa shape index (κ2) is 4.38. The average Bonchev–Trinajstić information content (AvgIpc) is 2.86. The number of hydrogen-bond acceptors (Lipinski definition) is 7. The zero-order valence-electron chi connectivity index (χ0n) is 8.95. The van der Waals surface area contributed by atoms with Gasteiger partial charge in [0.2, 0.25) is 0 Å². The zero-order chi connectivity index (χ0) is 13.3. The molecule has 0 bridgehead atoms. The Kier molecular flexibility index (Phi) is 3.05. The maximum absolute atomic E-state index is 11.9. The number of aromatic carboxylic acids is 1. The van der Waals surface area contributed by atoms with Crippen LogP contribution in [0.2, 0.25) is 0 Å². The van der Waals surface area contributed by atoms with Crippen molar-refractivity contribution < 1.29 is 22.8 Å². The molecule has 96 valence electrons. The molecule has 2 N–H and O–H groups in total. The van der Waals surface area contributed by atoms with Gasteiger partial charge in [0.1, 0.15) is 5.76 Å². The number of carboxylic acid groups (broad SMARTS) is 1. The maximum atomic E-state index is 11.9. The summed E-state index contributed by atoms with van der Waals surface area (Å²) in [6, 6.07) is 1.37. The summed E-state index contributed by atoms with van der Waals surface area (Å²) in [6.07, 6.45) is 0. The summed E-state index contributed by atoms with van der Waals surface area (Å²) in [5, 5.41) is 12.3. The van der Waals surface area contributed by atoms with Gasteiger partial charge in [0.15, 0.2) is 15.7 Å². The molecule has 0 saturated heterocycles. The normalized spacial score (nSPS) is 11.4. The molecule has 18 heavy (non-hydrogen) atoms. The van der Waals surface area contributed by atoms with Crippen molar-refractivity contribution in [2.24, 2.45) is 0 Å². The number of carbonyl (C=O) groups is 1. The van der Waals surface area contributed by atoms with Crippen molar-refractivity contribution in [3.05, 3.63) is 23.0 Å². The molecule has 0 aliphatic heterocycles. The standard InChI is InChI=1S/C8H7N3O5S2/c1-4-2-5(10-16-4)11-18(14,15)8-6(7(12)13)9-3-17-8/h2-3H,1H3,(H,10,11)(H,12,13). The van der Waals surface area contributed by atoms with Crippen LogP contribution in [0.4, 0.5) is 5.82 Å². The van der Waals surface area contributed by atoms with E-state index in [0.29, 0.717) is 17.1 Å². The quantitative estimate of drug-likeness (QED) is 0.858. The minimum absolute atomic E-state index is 0.0164. The number of thiazole rings is 1. The van der Waals surface area contributed by atoms with Crippen molar-refractivity contribution in [3.63, 3.8) is 0 Å². The fraction of sp³-hybridized carbons (Fsp3) is 0.125. The number of rotatable bonds is 4. The van der Waals surface area contributed by atoms with E-state index in [4.69, 9.17) is 9.63 Å². The van der Waals surface area contributed by atoms with Crippen LogP contribution in [-0.4, -0.2) is 29.6 Å². The number of anilines is 1. The number of sulfonamides is 1. The van der Waals surface area contributed by atoms with Crippen LogP contribution in [0.1, 0.15) is 16.2 Å². The van der Waals surface area contributed by atoms with E-state index in [1.54, 1.807) is 6.92 Å². The first kappa shape index (κ1) is 12.5. The molecule has 2 aromatic heterocycles. The van der Waals surface area contributed by atoms with E-state index in [2.05, 4.69) is 14.9 Å². The topological polar surface area (TPSA) is 122 Å². The fourth-order valence-corrected chi connectivity index (χ4v) is 3.29. The molecule has 2 rings (SSSR count). The first-order valence-electron chi connectivity index (χ1n) is 4.53. The maximum Gasteiger partial charge on any atom is 0.356 e. The molecule has 2 heterocycles. The predicted octanol–water partition coefficient (Wildman–Crippen LogP) is 0.939. The molecule has 0 unspecified atom stereocenters. The van der Waals surface area contributed by atoms with Crippen LogP contribution in [0.5, 0.6) is 0 Å². The Balaban J connectivity index is 2.37. The molecule has 8 nitrogen and oxygen atoms in total. The van der Waals surface area contributed by atoms with Crippen molar-refractivity contribution in [2.45, 2.75) is 11.1 Å². The summed E-state index contributed by atoms with van der Waals surface area (Å²) < 4.78 is 30.3. The summed E-state index contributed by atoms with van der Waals surface area (Å²) in [4.78, 5) is 14.3. The zero-order valence-corrected chi connectivity index (χ0v) is 10.6. The Morgan fingerprint density at radius 3 is 2.83 bits per heavy atom. The number of aromatic nitrogens is 2. The fourth-order valence-electron chi connectivity index (χ4n) is 1.17. The average molecular weight is 289 g/mol. The summed E-state index contributed by atoms with van der Waals surface area (Å²) in [7, 11) is -4.03. The van der Waals surface area contributed by atoms with E-state index >= 15 is 0 Å². The van der Waals surface area contributed by atoms with Gasteiger partial charge < -0.3 is 9.63 Å². The molecule has 0 atom stereocenters. The molecule has 0 amide bonds. The predicted molar refractivity (Wildman–Crippen MR) is 61.1 cm³/mol. The second-order valence-corrected chi connectivity index (χ2v) is 5.95. The number of nitrogens with one attached hydrogen (secondary N) is 1. The van der Waals surface area contributed by atoms with E-state index in [1.165, 1.54) is 6.07 Å². The molecule has 0 aliphatic carbocycles. The monoisotopic (exact) mass is 289 g/mol. The summed E-state index contributed by atoms with van der Waals surface area (Å²) >= 11 is 0.710. The molecular weight excluding hydrogens is 282 g/mol. The third-order valence-electron chi connectivity index (χ3n) is 1.85. The van der Waals surface area contributed by atoms with E-state index < -0.39 is 21.7 Å². The van der Waals surface area contributed by atoms with Gasteiger partial charge >= 0.3 is 5.97 Å². The molecule has 2 aromatic rings. The Hall–Kier alpha value is -1.94. The largest absolute Gasteiger partial charge is 0.476 e. The first-order valence-corrected chi connectivity index (χ1v) is 6.89. The van der Waals surface area contributed by atoms with Gasteiger partial charge in [-0.2, -0.15) is 0 Å². The number of aryl methyl sites for hydroxylation is 1. The smallest absolute Gasteiger partial charge is 0.356 e. The molecule has 10 heteroatoms. The Morgan fingerprint density at radius 1 is 1.56 bits per heavy atom. The lowest BCUT2D eigenvalue weighted by Crippen LogP contribution is -2.15. The van der Waals surface area contributed by atoms with Gasteiger partial charge in [-0.1, -0.05) is 5.16 Å². The minimum atomic E-state index is -4.03. The SMILES string of the molecule is Cc1cc(NS(=O)(=O)c2scnc2C(=O)O)no1. The van der Waals surface area contributed by atoms with Gasteiger partial charge in [0.05, 0.1) is 5.51 Å². The molecule has 0 radical (unpaired) electrons. The number of nitrogens with zero attached hydrogens (tertiary/aromatic N) is 2. The van der Waals surface area contributed by atoms with Crippen molar-refractivity contribution in [1.29, 1.82) is 0 Å². The van der Waals surface area contributed by atoms with Crippen LogP contribution in [0, 0.1) is 6.92 Å². The van der Waals surface area contributed by atoms with E-state index in [0.717, 1.165) is 5.51 Å². The van der Waals surface area contributed by atoms with E-state index in [-0.39, 0.29) is 10.0 Å². The van der Waals surface area contributed by atoms with Crippen molar-refractivity contribution in [3.8, 4) is 0 Å². The summed E-state index contributed by atoms with van der Waals surface area (Å²) in [6.45, 7) is 1.60. The highest BCUT2D eigenvalue weighted by molar-refractivity contribution is 7.94. The Labute approximate surface area is 105 Å². The van der Waals surface area contributed by atoms with Crippen LogP contribution in [0.25, 0.3) is 0 Å². The van der Waals surface area contributed by atoms with Crippen molar-refractivity contribution in [2.75, 3.05) is 4.72 Å². The van der Waals surface area contributed by atoms with Crippen LogP contribution in [0.3, 0.4) is 0 Å². The third-order valence-corrected chi connectivity index (χ3v) is 4.57.